The van der Waals surface area contributed by atoms with Gasteiger partial charge in [-0.15, -0.1) is 0 Å². The van der Waals surface area contributed by atoms with Crippen LogP contribution in [-0.4, -0.2) is 49.4 Å². The van der Waals surface area contributed by atoms with Gasteiger partial charge < -0.3 is 4.90 Å². The van der Waals surface area contributed by atoms with Crippen LogP contribution in [0.1, 0.15) is 43.9 Å². The first-order valence-electron chi connectivity index (χ1n) is 10.2. The molecular weight excluding hydrogens is 384 g/mol. The van der Waals surface area contributed by atoms with Crippen LogP contribution in [0.5, 0.6) is 0 Å². The van der Waals surface area contributed by atoms with Crippen LogP contribution in [0.3, 0.4) is 0 Å². The Hall–Kier alpha value is -2.18. The topological polar surface area (TPSA) is 57.7 Å². The Labute approximate surface area is 173 Å². The smallest absolute Gasteiger partial charge is 0.241 e. The summed E-state index contributed by atoms with van der Waals surface area (Å²) in [5.41, 5.74) is 3.09. The van der Waals surface area contributed by atoms with E-state index >= 15 is 0 Å². The van der Waals surface area contributed by atoms with Crippen LogP contribution in [-0.2, 0) is 14.6 Å². The number of benzene rings is 2. The van der Waals surface area contributed by atoms with Crippen LogP contribution < -0.4 is 4.90 Å². The zero-order valence-electron chi connectivity index (χ0n) is 17.2. The monoisotopic (exact) mass is 412 g/mol. The molecule has 2 saturated heterocycles. The zero-order valence-corrected chi connectivity index (χ0v) is 18.0. The van der Waals surface area contributed by atoms with Crippen molar-refractivity contribution in [3.63, 3.8) is 0 Å². The van der Waals surface area contributed by atoms with Crippen LogP contribution in [0.2, 0.25) is 0 Å². The van der Waals surface area contributed by atoms with Crippen molar-refractivity contribution in [2.24, 2.45) is 0 Å². The molecule has 0 radical (unpaired) electrons. The number of sulfone groups is 1. The number of carbonyl (C=O) groups excluding carboxylic acids is 1. The molecule has 4 rings (SSSR count). The zero-order chi connectivity index (χ0) is 20.8. The summed E-state index contributed by atoms with van der Waals surface area (Å²) in [4.78, 5) is 17.0. The van der Waals surface area contributed by atoms with Gasteiger partial charge in [-0.25, -0.2) is 8.42 Å². The molecule has 2 aromatic rings. The van der Waals surface area contributed by atoms with Crippen LogP contribution in [0, 0.1) is 0 Å². The first-order chi connectivity index (χ1) is 13.8. The van der Waals surface area contributed by atoms with Crippen molar-refractivity contribution < 1.29 is 13.2 Å². The summed E-state index contributed by atoms with van der Waals surface area (Å²) in [6.45, 7) is 6.53. The Balaban J connectivity index is 1.68. The number of hydrogen-bond donors (Lipinski definition) is 0. The van der Waals surface area contributed by atoms with E-state index in [-0.39, 0.29) is 42.1 Å². The number of hydrogen-bond acceptors (Lipinski definition) is 4. The number of fused-ring (bicyclic) bond motifs is 1. The van der Waals surface area contributed by atoms with Gasteiger partial charge in [0, 0.05) is 17.8 Å². The van der Waals surface area contributed by atoms with Gasteiger partial charge in [-0.2, -0.15) is 0 Å². The maximum atomic E-state index is 13.2. The third kappa shape index (κ3) is 3.83. The molecule has 0 N–H and O–H groups in total. The minimum Gasteiger partial charge on any atom is -0.306 e. The van der Waals surface area contributed by atoms with E-state index in [1.54, 1.807) is 4.90 Å². The van der Waals surface area contributed by atoms with Crippen molar-refractivity contribution >= 4 is 21.4 Å². The van der Waals surface area contributed by atoms with Crippen LogP contribution in [0.4, 0.5) is 5.69 Å². The Morgan fingerprint density at radius 2 is 1.48 bits per heavy atom. The Morgan fingerprint density at radius 1 is 0.862 bits per heavy atom. The van der Waals surface area contributed by atoms with Crippen LogP contribution in [0.15, 0.2) is 54.6 Å². The highest BCUT2D eigenvalue weighted by atomic mass is 32.2. The second-order valence-electron chi connectivity index (χ2n) is 8.48. The molecule has 29 heavy (non-hydrogen) atoms. The molecule has 2 aromatic carbocycles. The number of amides is 1. The van der Waals surface area contributed by atoms with Gasteiger partial charge in [0.15, 0.2) is 9.84 Å². The number of piperazine rings is 1. The normalized spacial score (nSPS) is 25.2. The second-order valence-corrected chi connectivity index (χ2v) is 10.6. The Kier molecular flexibility index (Phi) is 5.25. The molecule has 0 aliphatic carbocycles. The summed E-state index contributed by atoms with van der Waals surface area (Å²) in [6, 6.07) is 17.4. The molecule has 2 heterocycles. The highest BCUT2D eigenvalue weighted by molar-refractivity contribution is 7.91. The molecule has 2 fully saturated rings. The summed E-state index contributed by atoms with van der Waals surface area (Å²) in [5.74, 6) is 0.488. The minimum atomic E-state index is -3.20. The average Bonchev–Trinajstić information content (AvgIpc) is 3.02. The van der Waals surface area contributed by atoms with Crippen LogP contribution in [0.25, 0.3) is 0 Å². The lowest BCUT2D eigenvalue weighted by Crippen LogP contribution is -2.62. The van der Waals surface area contributed by atoms with Crippen molar-refractivity contribution in [2.75, 3.05) is 23.0 Å². The van der Waals surface area contributed by atoms with E-state index in [9.17, 15) is 13.2 Å². The SMILES string of the molecule is CC(C)c1ccc(N2C(=O)CN([C@H](C)c3ccccc3)[C@H]3CS(=O)(=O)C[C@H]32)cc1. The van der Waals surface area contributed by atoms with E-state index in [0.717, 1.165) is 11.3 Å². The minimum absolute atomic E-state index is 0.0212. The third-order valence-electron chi connectivity index (χ3n) is 6.26. The van der Waals surface area contributed by atoms with Gasteiger partial charge >= 0.3 is 0 Å². The molecule has 0 aromatic heterocycles. The maximum absolute atomic E-state index is 13.2. The first kappa shape index (κ1) is 20.1. The maximum Gasteiger partial charge on any atom is 0.241 e. The molecule has 1 amide bonds. The lowest BCUT2D eigenvalue weighted by molar-refractivity contribution is -0.124. The molecule has 0 unspecified atom stereocenters. The van der Waals surface area contributed by atoms with E-state index in [1.807, 2.05) is 54.6 Å². The number of nitrogens with zero attached hydrogens (tertiary/aromatic N) is 2. The third-order valence-corrected chi connectivity index (χ3v) is 7.95. The lowest BCUT2D eigenvalue weighted by Gasteiger charge is -2.46. The largest absolute Gasteiger partial charge is 0.306 e. The molecule has 0 saturated carbocycles. The predicted octanol–water partition coefficient (Wildman–Crippen LogP) is 3.39. The van der Waals surface area contributed by atoms with Crippen molar-refractivity contribution in [1.82, 2.24) is 4.90 Å². The van der Waals surface area contributed by atoms with Gasteiger partial charge in [-0.3, -0.25) is 9.69 Å². The highest BCUT2D eigenvalue weighted by Crippen LogP contribution is 2.36. The molecule has 6 heteroatoms. The van der Waals surface area contributed by atoms with E-state index in [0.29, 0.717) is 5.92 Å². The fourth-order valence-electron chi connectivity index (χ4n) is 4.61. The number of anilines is 1. The summed E-state index contributed by atoms with van der Waals surface area (Å²) in [5, 5.41) is 0. The van der Waals surface area contributed by atoms with Crippen molar-refractivity contribution in [1.29, 1.82) is 0 Å². The van der Waals surface area contributed by atoms with Gasteiger partial charge in [0.2, 0.25) is 5.91 Å². The van der Waals surface area contributed by atoms with Crippen molar-refractivity contribution in [3.8, 4) is 0 Å². The lowest BCUT2D eigenvalue weighted by atomic mass is 9.97. The van der Waals surface area contributed by atoms with Crippen molar-refractivity contribution in [2.45, 2.75) is 44.8 Å². The molecule has 5 nitrogen and oxygen atoms in total. The first-order valence-corrected chi connectivity index (χ1v) is 12.0. The quantitative estimate of drug-likeness (QED) is 0.772. The van der Waals surface area contributed by atoms with Crippen LogP contribution >= 0.6 is 0 Å². The van der Waals surface area contributed by atoms with E-state index in [4.69, 9.17) is 0 Å². The second kappa shape index (κ2) is 7.58. The summed E-state index contributed by atoms with van der Waals surface area (Å²) >= 11 is 0. The summed E-state index contributed by atoms with van der Waals surface area (Å²) < 4.78 is 25.1. The standard InChI is InChI=1S/C23H28N2O3S/c1-16(2)18-9-11-20(12-10-18)25-22-15-29(27,28)14-21(22)24(13-23(25)26)17(3)19-7-5-4-6-8-19/h4-12,16-17,21-22H,13-15H2,1-3H3/t17-,21+,22-/m1/s1. The van der Waals surface area contributed by atoms with Gasteiger partial charge in [-0.05, 0) is 36.1 Å². The fourth-order valence-corrected chi connectivity index (χ4v) is 6.57. The van der Waals surface area contributed by atoms with Gasteiger partial charge in [0.05, 0.1) is 24.1 Å². The summed E-state index contributed by atoms with van der Waals surface area (Å²) in [7, 11) is -3.20. The molecular formula is C23H28N2O3S. The van der Waals surface area contributed by atoms with Gasteiger partial charge in [0.25, 0.3) is 0 Å². The molecule has 3 atom stereocenters. The Morgan fingerprint density at radius 3 is 2.10 bits per heavy atom. The molecule has 154 valence electrons. The predicted molar refractivity (Wildman–Crippen MR) is 116 cm³/mol. The molecule has 0 bridgehead atoms. The molecule has 2 aliphatic rings. The molecule has 0 spiro atoms. The van der Waals surface area contributed by atoms with Crippen molar-refractivity contribution in [3.05, 3.63) is 65.7 Å². The van der Waals surface area contributed by atoms with E-state index in [1.165, 1.54) is 5.56 Å². The van der Waals surface area contributed by atoms with E-state index < -0.39 is 9.84 Å². The van der Waals surface area contributed by atoms with E-state index in [2.05, 4.69) is 25.7 Å². The average molecular weight is 413 g/mol. The molecule has 2 aliphatic heterocycles. The van der Waals surface area contributed by atoms with Gasteiger partial charge in [0.1, 0.15) is 0 Å². The number of rotatable bonds is 4. The fraction of sp³-hybridized carbons (Fsp3) is 0.435. The Bertz CT molecular complexity index is 987. The number of carbonyl (C=O) groups is 1. The highest BCUT2D eigenvalue weighted by Gasteiger charge is 2.50. The van der Waals surface area contributed by atoms with Gasteiger partial charge in [-0.1, -0.05) is 56.3 Å². The summed E-state index contributed by atoms with van der Waals surface area (Å²) in [6.07, 6.45) is 0.